The first-order valence-electron chi connectivity index (χ1n) is 5.23. The van der Waals surface area contributed by atoms with Crippen molar-refractivity contribution in [3.8, 4) is 0 Å². The van der Waals surface area contributed by atoms with Crippen molar-refractivity contribution < 1.29 is 0 Å². The van der Waals surface area contributed by atoms with Crippen LogP contribution < -0.4 is 10.9 Å². The summed E-state index contributed by atoms with van der Waals surface area (Å²) in [5.41, 5.74) is 1.50. The Morgan fingerprint density at radius 3 is 2.94 bits per heavy atom. The lowest BCUT2D eigenvalue weighted by Gasteiger charge is -2.09. The number of aromatic amines is 1. The maximum absolute atomic E-state index is 11.5. The fraction of sp³-hybridized carbons (Fsp3) is 0.0833. The molecular formula is C12H11ClN4O. The minimum atomic E-state index is -0.359. The van der Waals surface area contributed by atoms with E-state index >= 15 is 0 Å². The summed E-state index contributed by atoms with van der Waals surface area (Å²) >= 11 is 6.00. The first-order valence-corrected chi connectivity index (χ1v) is 5.61. The molecule has 0 aliphatic rings. The maximum atomic E-state index is 11.5. The zero-order valence-electron chi connectivity index (χ0n) is 9.62. The summed E-state index contributed by atoms with van der Waals surface area (Å²) in [6.45, 7) is 1.87. The highest BCUT2D eigenvalue weighted by Gasteiger charge is 2.04. The molecule has 0 amide bonds. The van der Waals surface area contributed by atoms with E-state index in [-0.39, 0.29) is 11.1 Å². The number of rotatable bonds is 3. The minimum absolute atomic E-state index is 0.211. The fourth-order valence-corrected chi connectivity index (χ4v) is 1.62. The number of aromatic nitrogens is 2. The SMILES string of the molecule is Cc1c(Cl)cccc1Nc1ncc(C=N)c(=O)[nH]1. The van der Waals surface area contributed by atoms with Crippen LogP contribution in [-0.2, 0) is 0 Å². The molecule has 0 fully saturated rings. The van der Waals surface area contributed by atoms with Gasteiger partial charge < -0.3 is 10.7 Å². The van der Waals surface area contributed by atoms with Crippen molar-refractivity contribution >= 4 is 29.5 Å². The molecule has 3 N–H and O–H groups in total. The van der Waals surface area contributed by atoms with E-state index in [1.807, 2.05) is 19.1 Å². The smallest absolute Gasteiger partial charge is 0.261 e. The molecule has 92 valence electrons. The molecule has 0 radical (unpaired) electrons. The Labute approximate surface area is 108 Å². The molecule has 2 aromatic rings. The molecule has 1 heterocycles. The van der Waals surface area contributed by atoms with Gasteiger partial charge in [0.05, 0.1) is 5.56 Å². The molecule has 0 aliphatic carbocycles. The Hall–Kier alpha value is -2.14. The third-order valence-corrected chi connectivity index (χ3v) is 2.91. The molecule has 0 saturated carbocycles. The van der Waals surface area contributed by atoms with E-state index in [0.717, 1.165) is 17.5 Å². The Bertz CT molecular complexity index is 651. The second kappa shape index (κ2) is 5.01. The predicted molar refractivity (Wildman–Crippen MR) is 72.2 cm³/mol. The van der Waals surface area contributed by atoms with Crippen molar-refractivity contribution in [3.63, 3.8) is 0 Å². The highest BCUT2D eigenvalue weighted by molar-refractivity contribution is 6.31. The number of halogens is 1. The molecule has 0 spiro atoms. The van der Waals surface area contributed by atoms with Gasteiger partial charge in [0.1, 0.15) is 0 Å². The Kier molecular flexibility index (Phi) is 3.43. The number of hydrogen-bond donors (Lipinski definition) is 3. The van der Waals surface area contributed by atoms with Crippen LogP contribution in [0.3, 0.4) is 0 Å². The number of benzene rings is 1. The van der Waals surface area contributed by atoms with Gasteiger partial charge in [-0.05, 0) is 24.6 Å². The minimum Gasteiger partial charge on any atom is -0.325 e. The van der Waals surface area contributed by atoms with E-state index in [4.69, 9.17) is 17.0 Å². The average Bonchev–Trinajstić information content (AvgIpc) is 2.35. The molecule has 5 nitrogen and oxygen atoms in total. The number of nitrogens with one attached hydrogen (secondary N) is 3. The zero-order chi connectivity index (χ0) is 13.1. The van der Waals surface area contributed by atoms with Crippen LogP contribution in [0.1, 0.15) is 11.1 Å². The largest absolute Gasteiger partial charge is 0.325 e. The summed E-state index contributed by atoms with van der Waals surface area (Å²) in [7, 11) is 0. The standard InChI is InChI=1S/C12H11ClN4O/c1-7-9(13)3-2-4-10(7)16-12-15-6-8(5-14)11(18)17-12/h2-6,14H,1H3,(H2,15,16,17,18). The number of anilines is 2. The van der Waals surface area contributed by atoms with Gasteiger partial charge in [0.2, 0.25) is 5.95 Å². The van der Waals surface area contributed by atoms with E-state index in [1.54, 1.807) is 6.07 Å². The normalized spacial score (nSPS) is 10.1. The van der Waals surface area contributed by atoms with Gasteiger partial charge in [0, 0.05) is 23.1 Å². The number of hydrogen-bond acceptors (Lipinski definition) is 4. The fourth-order valence-electron chi connectivity index (χ4n) is 1.44. The summed E-state index contributed by atoms with van der Waals surface area (Å²) in [5, 5.41) is 10.6. The molecule has 0 aliphatic heterocycles. The molecule has 6 heteroatoms. The monoisotopic (exact) mass is 262 g/mol. The van der Waals surface area contributed by atoms with Gasteiger partial charge in [0.25, 0.3) is 5.56 Å². The Morgan fingerprint density at radius 2 is 2.28 bits per heavy atom. The summed E-state index contributed by atoms with van der Waals surface area (Å²) in [5.74, 6) is 0.316. The number of nitrogens with zero attached hydrogens (tertiary/aromatic N) is 1. The van der Waals surface area contributed by atoms with Gasteiger partial charge in [0.15, 0.2) is 0 Å². The van der Waals surface area contributed by atoms with Crippen LogP contribution in [-0.4, -0.2) is 16.2 Å². The van der Waals surface area contributed by atoms with Crippen LogP contribution >= 0.6 is 11.6 Å². The van der Waals surface area contributed by atoms with E-state index in [0.29, 0.717) is 11.0 Å². The van der Waals surface area contributed by atoms with Crippen molar-refractivity contribution in [2.24, 2.45) is 0 Å². The third-order valence-electron chi connectivity index (χ3n) is 2.50. The van der Waals surface area contributed by atoms with E-state index in [2.05, 4.69) is 15.3 Å². The van der Waals surface area contributed by atoms with Gasteiger partial charge >= 0.3 is 0 Å². The molecule has 1 aromatic heterocycles. The lowest BCUT2D eigenvalue weighted by atomic mass is 10.2. The Morgan fingerprint density at radius 1 is 1.50 bits per heavy atom. The van der Waals surface area contributed by atoms with Crippen LogP contribution in [0.2, 0.25) is 5.02 Å². The highest BCUT2D eigenvalue weighted by Crippen LogP contribution is 2.24. The van der Waals surface area contributed by atoms with Crippen LogP contribution in [0.4, 0.5) is 11.6 Å². The molecule has 2 rings (SSSR count). The van der Waals surface area contributed by atoms with Crippen molar-refractivity contribution in [1.82, 2.24) is 9.97 Å². The molecule has 1 aromatic carbocycles. The van der Waals surface area contributed by atoms with Crippen molar-refractivity contribution in [2.75, 3.05) is 5.32 Å². The summed E-state index contributed by atoms with van der Waals surface area (Å²) in [6.07, 6.45) is 2.30. The lowest BCUT2D eigenvalue weighted by molar-refractivity contribution is 1.11. The Balaban J connectivity index is 2.35. The summed E-state index contributed by atoms with van der Waals surface area (Å²) < 4.78 is 0. The zero-order valence-corrected chi connectivity index (χ0v) is 10.4. The molecule has 0 atom stereocenters. The van der Waals surface area contributed by atoms with Crippen LogP contribution in [0.25, 0.3) is 0 Å². The lowest BCUT2D eigenvalue weighted by Crippen LogP contribution is -2.15. The summed E-state index contributed by atoms with van der Waals surface area (Å²) in [4.78, 5) is 18.1. The topological polar surface area (TPSA) is 81.6 Å². The van der Waals surface area contributed by atoms with Gasteiger partial charge in [-0.3, -0.25) is 9.78 Å². The van der Waals surface area contributed by atoms with Crippen molar-refractivity contribution in [1.29, 1.82) is 5.41 Å². The van der Waals surface area contributed by atoms with Crippen molar-refractivity contribution in [3.05, 3.63) is 50.9 Å². The second-order valence-electron chi connectivity index (χ2n) is 3.70. The van der Waals surface area contributed by atoms with Gasteiger partial charge in [-0.15, -0.1) is 0 Å². The van der Waals surface area contributed by atoms with Gasteiger partial charge in [-0.2, -0.15) is 0 Å². The van der Waals surface area contributed by atoms with Crippen LogP contribution in [0.5, 0.6) is 0 Å². The van der Waals surface area contributed by atoms with E-state index in [1.165, 1.54) is 6.20 Å². The molecule has 0 bridgehead atoms. The highest BCUT2D eigenvalue weighted by atomic mass is 35.5. The van der Waals surface area contributed by atoms with Gasteiger partial charge in [-0.1, -0.05) is 17.7 Å². The molecule has 18 heavy (non-hydrogen) atoms. The first kappa shape index (κ1) is 12.3. The van der Waals surface area contributed by atoms with Crippen LogP contribution in [0, 0.1) is 12.3 Å². The molecule has 0 unspecified atom stereocenters. The maximum Gasteiger partial charge on any atom is 0.261 e. The average molecular weight is 263 g/mol. The van der Waals surface area contributed by atoms with Gasteiger partial charge in [-0.25, -0.2) is 4.98 Å². The molecular weight excluding hydrogens is 252 g/mol. The van der Waals surface area contributed by atoms with E-state index < -0.39 is 0 Å². The second-order valence-corrected chi connectivity index (χ2v) is 4.11. The number of H-pyrrole nitrogens is 1. The first-order chi connectivity index (χ1) is 8.61. The van der Waals surface area contributed by atoms with Crippen LogP contribution in [0.15, 0.2) is 29.2 Å². The predicted octanol–water partition coefficient (Wildman–Crippen LogP) is 2.47. The van der Waals surface area contributed by atoms with Crippen molar-refractivity contribution in [2.45, 2.75) is 6.92 Å². The molecule has 0 saturated heterocycles. The summed E-state index contributed by atoms with van der Waals surface area (Å²) in [6, 6.07) is 5.43. The third kappa shape index (κ3) is 2.41. The quantitative estimate of drug-likeness (QED) is 0.743. The van der Waals surface area contributed by atoms with E-state index in [9.17, 15) is 4.79 Å².